The van der Waals surface area contributed by atoms with E-state index in [0.717, 1.165) is 11.8 Å². The molecule has 2 heterocycles. The van der Waals surface area contributed by atoms with Crippen molar-refractivity contribution in [2.24, 2.45) is 11.8 Å². The highest BCUT2D eigenvalue weighted by atomic mass is 19.1. The largest absolute Gasteiger partial charge is 0.394 e. The van der Waals surface area contributed by atoms with Gasteiger partial charge in [0.25, 0.3) is 0 Å². The third kappa shape index (κ3) is 4.80. The Morgan fingerprint density at radius 1 is 1.21 bits per heavy atom. The number of benzene rings is 1. The Hall–Kier alpha value is -0.930. The Kier molecular flexibility index (Phi) is 7.24. The van der Waals surface area contributed by atoms with E-state index in [2.05, 4.69) is 44.7 Å². The number of aliphatic hydroxyl groups excluding tert-OH is 1. The third-order valence-electron chi connectivity index (χ3n) is 5.45. The molecule has 1 aromatic rings. The molecule has 0 radical (unpaired) electrons. The van der Waals surface area contributed by atoms with E-state index in [4.69, 9.17) is 5.11 Å². The standard InChI is InChI=1S/C19H29N.C2H5FO/c1-13(2)9-16-5-6-19-18-11-15(4)14(3)10-17(18)7-8-20(19)12-16;3-1-2-4/h10-11,13,16,19H,5-9,12H2,1-4H3;4H,1-2H2/t16?,19-;/m1./s1. The van der Waals surface area contributed by atoms with Crippen LogP contribution in [0, 0.1) is 25.7 Å². The molecular formula is C21H34FNO. The van der Waals surface area contributed by atoms with Crippen molar-refractivity contribution in [1.29, 1.82) is 0 Å². The molecule has 1 saturated heterocycles. The number of fused-ring (bicyclic) bond motifs is 3. The number of halogens is 1. The quantitative estimate of drug-likeness (QED) is 0.872. The van der Waals surface area contributed by atoms with Gasteiger partial charge >= 0.3 is 0 Å². The van der Waals surface area contributed by atoms with Crippen molar-refractivity contribution in [3.63, 3.8) is 0 Å². The molecule has 0 amide bonds. The zero-order chi connectivity index (χ0) is 17.7. The van der Waals surface area contributed by atoms with Crippen molar-refractivity contribution in [2.75, 3.05) is 26.4 Å². The molecule has 136 valence electrons. The second-order valence-corrected chi connectivity index (χ2v) is 7.88. The number of rotatable bonds is 3. The summed E-state index contributed by atoms with van der Waals surface area (Å²) in [5, 5.41) is 7.50. The van der Waals surface area contributed by atoms with Gasteiger partial charge in [-0.15, -0.1) is 0 Å². The van der Waals surface area contributed by atoms with Gasteiger partial charge in [-0.25, -0.2) is 4.39 Å². The summed E-state index contributed by atoms with van der Waals surface area (Å²) in [4.78, 5) is 2.77. The molecule has 1 unspecified atom stereocenters. The predicted molar refractivity (Wildman–Crippen MR) is 99.2 cm³/mol. The number of hydrogen-bond donors (Lipinski definition) is 1. The average Bonchev–Trinajstić information content (AvgIpc) is 2.55. The molecule has 0 saturated carbocycles. The number of nitrogens with zero attached hydrogens (tertiary/aromatic N) is 1. The van der Waals surface area contributed by atoms with Crippen LogP contribution in [-0.2, 0) is 6.42 Å². The van der Waals surface area contributed by atoms with Gasteiger partial charge in [0.15, 0.2) is 0 Å². The summed E-state index contributed by atoms with van der Waals surface area (Å²) >= 11 is 0. The third-order valence-corrected chi connectivity index (χ3v) is 5.45. The first kappa shape index (κ1) is 19.4. The van der Waals surface area contributed by atoms with Gasteiger partial charge in [-0.1, -0.05) is 26.0 Å². The normalized spacial score (nSPS) is 23.3. The fourth-order valence-corrected chi connectivity index (χ4v) is 4.27. The zero-order valence-electron chi connectivity index (χ0n) is 15.8. The zero-order valence-corrected chi connectivity index (χ0v) is 15.8. The minimum Gasteiger partial charge on any atom is -0.394 e. The molecule has 3 heteroatoms. The lowest BCUT2D eigenvalue weighted by Crippen LogP contribution is -2.42. The SMILES string of the molecule is Cc1cc2c(cc1C)[C@H]1CCC(CC(C)C)CN1CC2.OCCF. The lowest BCUT2D eigenvalue weighted by atomic mass is 9.80. The van der Waals surface area contributed by atoms with Gasteiger partial charge in [0.05, 0.1) is 6.61 Å². The van der Waals surface area contributed by atoms with Gasteiger partial charge < -0.3 is 5.11 Å². The van der Waals surface area contributed by atoms with Crippen molar-refractivity contribution in [2.45, 2.75) is 59.4 Å². The summed E-state index contributed by atoms with van der Waals surface area (Å²) in [6, 6.07) is 5.63. The first-order valence-corrected chi connectivity index (χ1v) is 9.47. The van der Waals surface area contributed by atoms with Crippen molar-refractivity contribution in [3.8, 4) is 0 Å². The highest BCUT2D eigenvalue weighted by molar-refractivity contribution is 5.40. The monoisotopic (exact) mass is 335 g/mol. The Morgan fingerprint density at radius 2 is 1.88 bits per heavy atom. The van der Waals surface area contributed by atoms with Crippen LogP contribution in [0.3, 0.4) is 0 Å². The molecule has 24 heavy (non-hydrogen) atoms. The van der Waals surface area contributed by atoms with Crippen LogP contribution in [0.2, 0.25) is 0 Å². The minimum absolute atomic E-state index is 0.347. The topological polar surface area (TPSA) is 23.5 Å². The Bertz CT molecular complexity index is 527. The van der Waals surface area contributed by atoms with Crippen LogP contribution in [0.15, 0.2) is 12.1 Å². The average molecular weight is 336 g/mol. The van der Waals surface area contributed by atoms with E-state index < -0.39 is 6.67 Å². The van der Waals surface area contributed by atoms with Gasteiger partial charge in [0, 0.05) is 19.1 Å². The van der Waals surface area contributed by atoms with Crippen LogP contribution in [0.4, 0.5) is 4.39 Å². The summed E-state index contributed by atoms with van der Waals surface area (Å²) in [5.74, 6) is 1.78. The van der Waals surface area contributed by atoms with Crippen molar-refractivity contribution >= 4 is 0 Å². The maximum absolute atomic E-state index is 10.5. The Morgan fingerprint density at radius 3 is 2.50 bits per heavy atom. The van der Waals surface area contributed by atoms with E-state index in [1.165, 1.54) is 49.9 Å². The lowest BCUT2D eigenvalue weighted by Gasteiger charge is -2.44. The molecule has 2 aliphatic rings. The molecule has 1 fully saturated rings. The van der Waals surface area contributed by atoms with E-state index in [-0.39, 0.29) is 6.61 Å². The summed E-state index contributed by atoms with van der Waals surface area (Å²) in [6.45, 7) is 10.9. The number of alkyl halides is 1. The molecule has 0 bridgehead atoms. The van der Waals surface area contributed by atoms with Crippen molar-refractivity contribution in [1.82, 2.24) is 4.90 Å². The Labute approximate surface area is 147 Å². The molecule has 2 atom stereocenters. The maximum Gasteiger partial charge on any atom is 0.112 e. The van der Waals surface area contributed by atoms with Gasteiger partial charge in [0.2, 0.25) is 0 Å². The molecule has 1 N–H and O–H groups in total. The second kappa shape index (κ2) is 8.96. The number of hydrogen-bond acceptors (Lipinski definition) is 2. The maximum atomic E-state index is 10.5. The van der Waals surface area contributed by atoms with Gasteiger partial charge in [-0.2, -0.15) is 0 Å². The number of aliphatic hydroxyl groups is 1. The van der Waals surface area contributed by atoms with E-state index in [1.54, 1.807) is 11.1 Å². The van der Waals surface area contributed by atoms with Crippen LogP contribution in [-0.4, -0.2) is 36.4 Å². The summed E-state index contributed by atoms with van der Waals surface area (Å²) in [6.07, 6.45) is 5.45. The lowest BCUT2D eigenvalue weighted by molar-refractivity contribution is 0.0896. The second-order valence-electron chi connectivity index (χ2n) is 7.88. The van der Waals surface area contributed by atoms with E-state index in [1.807, 2.05) is 0 Å². The van der Waals surface area contributed by atoms with Crippen LogP contribution in [0.25, 0.3) is 0 Å². The Balaban J connectivity index is 0.000000471. The van der Waals surface area contributed by atoms with Crippen molar-refractivity contribution < 1.29 is 9.50 Å². The molecule has 3 rings (SSSR count). The fraction of sp³-hybridized carbons (Fsp3) is 0.714. The van der Waals surface area contributed by atoms with Crippen molar-refractivity contribution in [3.05, 3.63) is 34.4 Å². The highest BCUT2D eigenvalue weighted by Gasteiger charge is 2.33. The number of aryl methyl sites for hydroxylation is 2. The molecule has 0 aliphatic carbocycles. The summed E-state index contributed by atoms with van der Waals surface area (Å²) in [7, 11) is 0. The molecule has 2 aliphatic heterocycles. The van der Waals surface area contributed by atoms with E-state index in [9.17, 15) is 4.39 Å². The van der Waals surface area contributed by atoms with Gasteiger partial charge in [-0.3, -0.25) is 4.90 Å². The van der Waals surface area contributed by atoms with Crippen LogP contribution in [0.1, 0.15) is 61.4 Å². The van der Waals surface area contributed by atoms with Crippen LogP contribution < -0.4 is 0 Å². The minimum atomic E-state index is -0.625. The van der Waals surface area contributed by atoms with Gasteiger partial charge in [0.1, 0.15) is 6.67 Å². The number of piperidine rings is 1. The molecule has 1 aromatic carbocycles. The summed E-state index contributed by atoms with van der Waals surface area (Å²) < 4.78 is 10.5. The first-order chi connectivity index (χ1) is 11.5. The van der Waals surface area contributed by atoms with E-state index in [0.29, 0.717) is 6.04 Å². The molecule has 2 nitrogen and oxygen atoms in total. The highest BCUT2D eigenvalue weighted by Crippen LogP contribution is 2.40. The van der Waals surface area contributed by atoms with Crippen LogP contribution in [0.5, 0.6) is 0 Å². The molecule has 0 spiro atoms. The smallest absolute Gasteiger partial charge is 0.112 e. The van der Waals surface area contributed by atoms with E-state index >= 15 is 0 Å². The summed E-state index contributed by atoms with van der Waals surface area (Å²) in [5.41, 5.74) is 6.19. The molecule has 0 aromatic heterocycles. The first-order valence-electron chi connectivity index (χ1n) is 9.47. The van der Waals surface area contributed by atoms with Crippen LogP contribution >= 0.6 is 0 Å². The predicted octanol–water partition coefficient (Wildman–Crippen LogP) is 4.61. The van der Waals surface area contributed by atoms with Gasteiger partial charge in [-0.05, 0) is 73.6 Å². The fourth-order valence-electron chi connectivity index (χ4n) is 4.27. The molecular weight excluding hydrogens is 301 g/mol.